The summed E-state index contributed by atoms with van der Waals surface area (Å²) in [5.41, 5.74) is 0. The van der Waals surface area contributed by atoms with Crippen LogP contribution in [0.25, 0.3) is 0 Å². The molecule has 16 heavy (non-hydrogen) atoms. The molecule has 0 aliphatic carbocycles. The maximum absolute atomic E-state index is 8.88. The van der Waals surface area contributed by atoms with Crippen LogP contribution in [-0.4, -0.2) is 30.1 Å². The molecule has 0 amide bonds. The van der Waals surface area contributed by atoms with Crippen molar-refractivity contribution in [1.82, 2.24) is 20.1 Å². The van der Waals surface area contributed by atoms with Gasteiger partial charge in [0.2, 0.25) is 0 Å². The van der Waals surface area contributed by atoms with Gasteiger partial charge in [-0.3, -0.25) is 5.10 Å². The summed E-state index contributed by atoms with van der Waals surface area (Å²) in [7, 11) is -4.64. The molecule has 1 aliphatic heterocycles. The molecule has 0 bridgehead atoms. The molecular weight excluding hydrogens is 255 g/mol. The van der Waals surface area contributed by atoms with E-state index in [0.29, 0.717) is 0 Å². The SMILES string of the molecule is C1=CNSC=C1.O=P(O)(O)O.c1c[nH]nn1. The summed E-state index contributed by atoms with van der Waals surface area (Å²) >= 11 is 1.58. The maximum Gasteiger partial charge on any atom is 0.466 e. The Morgan fingerprint density at radius 1 is 1.25 bits per heavy atom. The predicted molar refractivity (Wildman–Crippen MR) is 59.7 cm³/mol. The van der Waals surface area contributed by atoms with E-state index in [1.807, 2.05) is 23.8 Å². The average molecular weight is 266 g/mol. The number of phosphoric acid groups is 1. The van der Waals surface area contributed by atoms with Crippen LogP contribution in [0.15, 0.2) is 36.2 Å². The predicted octanol–water partition coefficient (Wildman–Crippen LogP) is 0.141. The zero-order chi connectivity index (χ0) is 12.3. The monoisotopic (exact) mass is 266 g/mol. The fourth-order valence-corrected chi connectivity index (χ4v) is 0.830. The van der Waals surface area contributed by atoms with Gasteiger partial charge >= 0.3 is 7.82 Å². The molecule has 0 radical (unpaired) electrons. The van der Waals surface area contributed by atoms with E-state index in [9.17, 15) is 0 Å². The molecule has 10 heteroatoms. The van der Waals surface area contributed by atoms with Crippen LogP contribution in [0, 0.1) is 0 Å². The van der Waals surface area contributed by atoms with Gasteiger partial charge in [0.15, 0.2) is 0 Å². The number of aromatic amines is 1. The second-order valence-electron chi connectivity index (χ2n) is 2.10. The number of allylic oxidation sites excluding steroid dienone is 2. The Kier molecular flexibility index (Phi) is 8.49. The standard InChI is InChI=1S/C4H5NS.C2H3N3.H3O4P/c1-2-4-6-5-3-1;1-2-4-5-3-1;1-5(2,3)4/h1-5H;1-2H,(H,3,4,5);(H3,1,2,3,4). The van der Waals surface area contributed by atoms with Crippen LogP contribution in [0.5, 0.6) is 0 Å². The van der Waals surface area contributed by atoms with Crippen LogP contribution in [0.1, 0.15) is 0 Å². The summed E-state index contributed by atoms with van der Waals surface area (Å²) in [5.74, 6) is 0. The largest absolute Gasteiger partial charge is 0.466 e. The van der Waals surface area contributed by atoms with Gasteiger partial charge in [0.05, 0.1) is 6.20 Å². The first-order valence-corrected chi connectivity index (χ1v) is 6.26. The van der Waals surface area contributed by atoms with Gasteiger partial charge < -0.3 is 19.4 Å². The molecule has 1 aromatic rings. The van der Waals surface area contributed by atoms with Crippen molar-refractivity contribution in [3.05, 3.63) is 36.2 Å². The minimum atomic E-state index is -4.64. The lowest BCUT2D eigenvalue weighted by atomic mass is 10.6. The molecule has 90 valence electrons. The van der Waals surface area contributed by atoms with E-state index in [4.69, 9.17) is 19.2 Å². The van der Waals surface area contributed by atoms with Crippen LogP contribution in [0.4, 0.5) is 0 Å². The first-order chi connectivity index (χ1) is 7.50. The summed E-state index contributed by atoms with van der Waals surface area (Å²) in [4.78, 5) is 21.6. The van der Waals surface area contributed by atoms with Crippen molar-refractivity contribution in [3.63, 3.8) is 0 Å². The molecule has 0 saturated carbocycles. The first-order valence-electron chi connectivity index (χ1n) is 3.81. The number of H-pyrrole nitrogens is 1. The van der Waals surface area contributed by atoms with Gasteiger partial charge in [0.1, 0.15) is 0 Å². The van der Waals surface area contributed by atoms with Gasteiger partial charge in [0.25, 0.3) is 0 Å². The van der Waals surface area contributed by atoms with Gasteiger partial charge in [0, 0.05) is 12.4 Å². The second kappa shape index (κ2) is 9.13. The molecular formula is C6H11N4O4PS. The quantitative estimate of drug-likeness (QED) is 0.331. The second-order valence-corrected chi connectivity index (χ2v) is 3.87. The molecule has 5 N–H and O–H groups in total. The fourth-order valence-electron chi connectivity index (χ4n) is 0.425. The topological polar surface area (TPSA) is 131 Å². The molecule has 0 atom stereocenters. The molecule has 2 rings (SSSR count). The van der Waals surface area contributed by atoms with Crippen LogP contribution in [0.2, 0.25) is 0 Å². The first kappa shape index (κ1) is 14.9. The van der Waals surface area contributed by atoms with E-state index in [-0.39, 0.29) is 0 Å². The fraction of sp³-hybridized carbons (Fsp3) is 0. The van der Waals surface area contributed by atoms with Crippen molar-refractivity contribution >= 4 is 19.8 Å². The van der Waals surface area contributed by atoms with E-state index in [0.717, 1.165) is 0 Å². The van der Waals surface area contributed by atoms with Crippen LogP contribution < -0.4 is 4.72 Å². The van der Waals surface area contributed by atoms with Gasteiger partial charge in [-0.2, -0.15) is 0 Å². The van der Waals surface area contributed by atoms with Gasteiger partial charge in [-0.15, -0.1) is 5.10 Å². The molecule has 1 aromatic heterocycles. The summed E-state index contributed by atoms with van der Waals surface area (Å²) in [6.45, 7) is 0. The van der Waals surface area contributed by atoms with Gasteiger partial charge in [-0.1, -0.05) is 11.3 Å². The zero-order valence-corrected chi connectivity index (χ0v) is 9.67. The third-order valence-corrected chi connectivity index (χ3v) is 1.39. The minimum absolute atomic E-state index is 1.58. The molecule has 2 heterocycles. The summed E-state index contributed by atoms with van der Waals surface area (Å²) in [6.07, 6.45) is 9.07. The number of aromatic nitrogens is 3. The Morgan fingerprint density at radius 2 is 1.94 bits per heavy atom. The minimum Gasteiger partial charge on any atom is -0.333 e. The molecule has 0 fully saturated rings. The lowest BCUT2D eigenvalue weighted by molar-refractivity contribution is 0.275. The van der Waals surface area contributed by atoms with E-state index in [2.05, 4.69) is 20.1 Å². The van der Waals surface area contributed by atoms with Crippen LogP contribution in [-0.2, 0) is 4.57 Å². The van der Waals surface area contributed by atoms with Crippen molar-refractivity contribution < 1.29 is 19.2 Å². The van der Waals surface area contributed by atoms with Gasteiger partial charge in [-0.25, -0.2) is 4.57 Å². The highest BCUT2D eigenvalue weighted by Crippen LogP contribution is 2.25. The Labute approximate surface area is 95.8 Å². The highest BCUT2D eigenvalue weighted by molar-refractivity contribution is 8.00. The van der Waals surface area contributed by atoms with Crippen molar-refractivity contribution in [2.24, 2.45) is 0 Å². The molecule has 8 nitrogen and oxygen atoms in total. The molecule has 0 aromatic carbocycles. The number of nitrogens with one attached hydrogen (secondary N) is 2. The molecule has 1 aliphatic rings. The smallest absolute Gasteiger partial charge is 0.333 e. The van der Waals surface area contributed by atoms with Crippen molar-refractivity contribution in [1.29, 1.82) is 0 Å². The number of hydrogen-bond acceptors (Lipinski definition) is 5. The third kappa shape index (κ3) is 18.6. The number of rotatable bonds is 0. The molecule has 0 spiro atoms. The highest BCUT2D eigenvalue weighted by atomic mass is 32.2. The molecule has 0 unspecified atom stereocenters. The highest BCUT2D eigenvalue weighted by Gasteiger charge is 2.00. The Bertz CT molecular complexity index is 312. The van der Waals surface area contributed by atoms with E-state index < -0.39 is 7.82 Å². The van der Waals surface area contributed by atoms with E-state index in [1.54, 1.807) is 24.3 Å². The van der Waals surface area contributed by atoms with Crippen molar-refractivity contribution in [3.8, 4) is 0 Å². The summed E-state index contributed by atoms with van der Waals surface area (Å²) < 4.78 is 11.8. The van der Waals surface area contributed by atoms with Crippen molar-refractivity contribution in [2.45, 2.75) is 0 Å². The summed E-state index contributed by atoms with van der Waals surface area (Å²) in [5, 5.41) is 11.2. The number of nitrogens with zero attached hydrogens (tertiary/aromatic N) is 2. The summed E-state index contributed by atoms with van der Waals surface area (Å²) in [6, 6.07) is 0. The zero-order valence-electron chi connectivity index (χ0n) is 7.96. The van der Waals surface area contributed by atoms with Crippen molar-refractivity contribution in [2.75, 3.05) is 0 Å². The van der Waals surface area contributed by atoms with E-state index in [1.165, 1.54) is 0 Å². The lowest BCUT2D eigenvalue weighted by Crippen LogP contribution is -1.88. The van der Waals surface area contributed by atoms with Crippen LogP contribution in [0.3, 0.4) is 0 Å². The Morgan fingerprint density at radius 3 is 2.06 bits per heavy atom. The number of hydrogen-bond donors (Lipinski definition) is 5. The Balaban J connectivity index is 0.000000213. The third-order valence-electron chi connectivity index (χ3n) is 0.821. The molecule has 0 saturated heterocycles. The van der Waals surface area contributed by atoms with E-state index >= 15 is 0 Å². The lowest BCUT2D eigenvalue weighted by Gasteiger charge is -1.93. The van der Waals surface area contributed by atoms with Gasteiger partial charge in [-0.05, 0) is 23.4 Å². The average Bonchev–Trinajstić information content (AvgIpc) is 2.75. The maximum atomic E-state index is 8.88. The normalized spacial score (nSPS) is 12.7. The Hall–Kier alpha value is -1.12. The van der Waals surface area contributed by atoms with Crippen LogP contribution >= 0.6 is 19.8 Å².